The van der Waals surface area contributed by atoms with Crippen LogP contribution in [-0.2, 0) is 40.7 Å². The molecular weight excluding hydrogens is 743 g/mol. The van der Waals surface area contributed by atoms with Gasteiger partial charge in [0.25, 0.3) is 0 Å². The number of aliphatic carboxylic acids is 1. The Kier molecular flexibility index (Phi) is 17.6. The Bertz CT molecular complexity index is 1800. The third-order valence-corrected chi connectivity index (χ3v) is 10.1. The minimum Gasteiger partial charge on any atom is -0.478 e. The molecule has 0 fully saturated rings. The zero-order valence-corrected chi connectivity index (χ0v) is 36.3. The molecule has 5 amide bonds. The fourth-order valence-corrected chi connectivity index (χ4v) is 6.20. The molecule has 0 aliphatic heterocycles. The van der Waals surface area contributed by atoms with Gasteiger partial charge in [-0.25, -0.2) is 9.59 Å². The van der Waals surface area contributed by atoms with Crippen LogP contribution in [-0.4, -0.2) is 90.0 Å². The monoisotopic (exact) mass is 807 g/mol. The number of carboxylic acids is 1. The number of anilines is 2. The van der Waals surface area contributed by atoms with Crippen LogP contribution in [0.5, 0.6) is 0 Å². The maximum atomic E-state index is 14.1. The number of carbonyl (C=O) groups is 6. The number of ether oxygens (including phenoxy) is 1. The second kappa shape index (κ2) is 20.9. The van der Waals surface area contributed by atoms with Gasteiger partial charge in [-0.3, -0.25) is 24.5 Å². The molecule has 8 N–H and O–H groups in total. The molecule has 0 spiro atoms. The number of likely N-dealkylation sites (N-methyl/N-ethyl adjacent to an activating group) is 2. The van der Waals surface area contributed by atoms with Gasteiger partial charge in [0.1, 0.15) is 18.7 Å². The van der Waals surface area contributed by atoms with Crippen LogP contribution in [0, 0.1) is 17.3 Å². The number of benzene rings is 2. The summed E-state index contributed by atoms with van der Waals surface area (Å²) in [4.78, 5) is 78.8. The van der Waals surface area contributed by atoms with Gasteiger partial charge in [0, 0.05) is 29.4 Å². The fourth-order valence-electron chi connectivity index (χ4n) is 6.20. The maximum Gasteiger partial charge on any atom is 0.411 e. The number of nitrogens with one attached hydrogen (secondary N) is 5. The van der Waals surface area contributed by atoms with Gasteiger partial charge in [0.15, 0.2) is 0 Å². The number of carbonyl (C=O) groups excluding carboxylic acids is 5. The Morgan fingerprint density at radius 2 is 1.41 bits per heavy atom. The highest BCUT2D eigenvalue weighted by atomic mass is 16.5. The summed E-state index contributed by atoms with van der Waals surface area (Å²) < 4.78 is 5.45. The van der Waals surface area contributed by atoms with E-state index in [4.69, 9.17) is 10.5 Å². The van der Waals surface area contributed by atoms with Crippen molar-refractivity contribution in [2.75, 3.05) is 24.7 Å². The largest absolute Gasteiger partial charge is 0.478 e. The van der Waals surface area contributed by atoms with Crippen LogP contribution in [0.25, 0.3) is 0 Å². The number of nitrogens with two attached hydrogens (primary N) is 1. The van der Waals surface area contributed by atoms with Crippen LogP contribution < -0.4 is 32.3 Å². The van der Waals surface area contributed by atoms with Gasteiger partial charge in [-0.05, 0) is 73.5 Å². The molecule has 0 aliphatic rings. The highest BCUT2D eigenvalue weighted by Crippen LogP contribution is 2.31. The Morgan fingerprint density at radius 3 is 1.93 bits per heavy atom. The zero-order valence-electron chi connectivity index (χ0n) is 36.3. The van der Waals surface area contributed by atoms with Crippen molar-refractivity contribution >= 4 is 47.1 Å². The molecule has 0 saturated carbocycles. The van der Waals surface area contributed by atoms with Gasteiger partial charge in [0.05, 0.1) is 18.1 Å². The Labute approximate surface area is 343 Å². The molecule has 320 valence electrons. The number of nitrogens with zero attached hydrogens (tertiary/aromatic N) is 1. The summed E-state index contributed by atoms with van der Waals surface area (Å²) in [6.45, 7) is 19.8. The van der Waals surface area contributed by atoms with Gasteiger partial charge in [-0.1, -0.05) is 92.7 Å². The van der Waals surface area contributed by atoms with Crippen molar-refractivity contribution in [3.05, 3.63) is 71.3 Å². The summed E-state index contributed by atoms with van der Waals surface area (Å²) in [7, 11) is 3.27. The molecule has 0 aromatic heterocycles. The summed E-state index contributed by atoms with van der Waals surface area (Å²) in [6.07, 6.45) is 0.852. The summed E-state index contributed by atoms with van der Waals surface area (Å²) >= 11 is 0. The minimum atomic E-state index is -1.07. The van der Waals surface area contributed by atoms with Crippen molar-refractivity contribution in [3.63, 3.8) is 0 Å². The van der Waals surface area contributed by atoms with Crippen molar-refractivity contribution in [1.29, 1.82) is 0 Å². The smallest absolute Gasteiger partial charge is 0.411 e. The second-order valence-electron chi connectivity index (χ2n) is 17.1. The molecule has 0 unspecified atom stereocenters. The number of hydrogen-bond donors (Lipinski definition) is 7. The topological polar surface area (TPSA) is 221 Å². The van der Waals surface area contributed by atoms with E-state index in [9.17, 15) is 33.9 Å². The van der Waals surface area contributed by atoms with Crippen molar-refractivity contribution < 1.29 is 38.6 Å². The molecule has 0 radical (unpaired) electrons. The minimum absolute atomic E-state index is 0.0526. The SMILES string of the molecule is CN[C@H](C(=O)N[C@H](C(=O)N(C)[C@H](/C=C(\C)C(=O)O)C(C)C)C(C)(C)C)C(C)(C)c1cccc(NC(=O)OCc2ccc(NC(=O)[C@H](C)NC(=O)[C@@H](N)C(C)C)cc2)c1. The standard InChI is InChI=1S/C43H65N7O8/c1-24(2)32(21-26(5)40(55)56)50(13)39(54)35(42(7,8)9)49-38(53)34(45-12)43(10,11)29-15-14-16-31(22-29)48-41(57)58-23-28-17-19-30(20-18-28)47-36(51)27(6)46-37(52)33(44)25(3)4/h14-22,24-25,27,32-35,45H,23,44H2,1-13H3,(H,46,52)(H,47,51)(H,48,57)(H,49,53)(H,55,56)/b26-21+/t27-,32+,33-,34+,35+/m0/s1. The van der Waals surface area contributed by atoms with Crippen molar-refractivity contribution in [3.8, 4) is 0 Å². The highest BCUT2D eigenvalue weighted by Gasteiger charge is 2.42. The molecule has 2 aromatic carbocycles. The average Bonchev–Trinajstić information content (AvgIpc) is 3.14. The summed E-state index contributed by atoms with van der Waals surface area (Å²) in [6, 6.07) is 9.95. The van der Waals surface area contributed by atoms with E-state index in [0.29, 0.717) is 16.9 Å². The Morgan fingerprint density at radius 1 is 0.810 bits per heavy atom. The van der Waals surface area contributed by atoms with Crippen molar-refractivity contribution in [1.82, 2.24) is 20.9 Å². The lowest BCUT2D eigenvalue weighted by Crippen LogP contribution is -2.61. The summed E-state index contributed by atoms with van der Waals surface area (Å²) in [5.74, 6) is -2.83. The molecular formula is C43H65N7O8. The van der Waals surface area contributed by atoms with E-state index in [1.54, 1.807) is 69.6 Å². The molecule has 0 saturated heterocycles. The normalized spacial score (nSPS) is 14.7. The predicted octanol–water partition coefficient (Wildman–Crippen LogP) is 4.77. The maximum absolute atomic E-state index is 14.1. The number of hydrogen-bond acceptors (Lipinski definition) is 9. The van der Waals surface area contributed by atoms with Crippen LogP contribution in [0.1, 0.15) is 87.3 Å². The number of amides is 5. The van der Waals surface area contributed by atoms with Crippen LogP contribution in [0.15, 0.2) is 60.2 Å². The molecule has 15 nitrogen and oxygen atoms in total. The van der Waals surface area contributed by atoms with Gasteiger partial charge < -0.3 is 41.7 Å². The molecule has 15 heteroatoms. The van der Waals surface area contributed by atoms with E-state index in [-0.39, 0.29) is 29.9 Å². The lowest BCUT2D eigenvalue weighted by molar-refractivity contribution is -0.141. The van der Waals surface area contributed by atoms with E-state index < -0.39 is 70.8 Å². The first-order chi connectivity index (χ1) is 26.8. The van der Waals surface area contributed by atoms with Crippen LogP contribution in [0.3, 0.4) is 0 Å². The second-order valence-corrected chi connectivity index (χ2v) is 17.1. The van der Waals surface area contributed by atoms with E-state index in [0.717, 1.165) is 5.56 Å². The third-order valence-electron chi connectivity index (χ3n) is 10.1. The third kappa shape index (κ3) is 13.7. The molecule has 2 rings (SSSR count). The Hall–Kier alpha value is -5.28. The van der Waals surface area contributed by atoms with Gasteiger partial charge >= 0.3 is 12.1 Å². The lowest BCUT2D eigenvalue weighted by atomic mass is 9.76. The van der Waals surface area contributed by atoms with E-state index >= 15 is 0 Å². The summed E-state index contributed by atoms with van der Waals surface area (Å²) in [5, 5.41) is 23.7. The van der Waals surface area contributed by atoms with Crippen LogP contribution in [0.2, 0.25) is 0 Å². The molecule has 0 heterocycles. The van der Waals surface area contributed by atoms with Crippen molar-refractivity contribution in [2.24, 2.45) is 23.0 Å². The van der Waals surface area contributed by atoms with Gasteiger partial charge in [-0.15, -0.1) is 0 Å². The van der Waals surface area contributed by atoms with E-state index in [1.807, 2.05) is 68.4 Å². The van der Waals surface area contributed by atoms with Gasteiger partial charge in [0.2, 0.25) is 23.6 Å². The first kappa shape index (κ1) is 48.9. The number of rotatable bonds is 18. The first-order valence-electron chi connectivity index (χ1n) is 19.5. The van der Waals surface area contributed by atoms with Crippen molar-refractivity contribution in [2.45, 2.75) is 118 Å². The zero-order chi connectivity index (χ0) is 44.3. The number of carboxylic acid groups (broad SMARTS) is 1. The van der Waals surface area contributed by atoms with E-state index in [1.165, 1.54) is 11.8 Å². The first-order valence-corrected chi connectivity index (χ1v) is 19.5. The van der Waals surface area contributed by atoms with Crippen LogP contribution in [0.4, 0.5) is 16.2 Å². The molecule has 0 aliphatic carbocycles. The molecule has 2 aromatic rings. The lowest BCUT2D eigenvalue weighted by Gasteiger charge is -2.40. The summed E-state index contributed by atoms with van der Waals surface area (Å²) in [5.41, 5.74) is 6.76. The quantitative estimate of drug-likeness (QED) is 0.102. The van der Waals surface area contributed by atoms with Gasteiger partial charge in [-0.2, -0.15) is 0 Å². The van der Waals surface area contributed by atoms with E-state index in [2.05, 4.69) is 26.6 Å². The predicted molar refractivity (Wildman–Crippen MR) is 226 cm³/mol. The van der Waals surface area contributed by atoms with Crippen LogP contribution >= 0.6 is 0 Å². The molecule has 0 bridgehead atoms. The highest BCUT2D eigenvalue weighted by molar-refractivity contribution is 5.97. The average molecular weight is 808 g/mol. The Balaban J connectivity index is 2.12. The molecule has 58 heavy (non-hydrogen) atoms. The fraction of sp³-hybridized carbons (Fsp3) is 0.535. The molecule has 5 atom stereocenters.